The van der Waals surface area contributed by atoms with Crippen LogP contribution in [0, 0.1) is 0 Å². The van der Waals surface area contributed by atoms with Crippen LogP contribution < -0.4 is 5.32 Å². The molecule has 1 heterocycles. The molecule has 78 valence electrons. The summed E-state index contributed by atoms with van der Waals surface area (Å²) in [5.74, 6) is 0.628. The molecular formula is C11H18N2S. The number of anilines is 1. The number of rotatable bonds is 2. The lowest BCUT2D eigenvalue weighted by atomic mass is 9.91. The van der Waals surface area contributed by atoms with Gasteiger partial charge in [-0.1, -0.05) is 20.8 Å². The quantitative estimate of drug-likeness (QED) is 0.809. The van der Waals surface area contributed by atoms with E-state index in [1.807, 2.05) is 11.3 Å². The Morgan fingerprint density at radius 2 is 2.29 bits per heavy atom. The molecule has 1 aliphatic carbocycles. The first-order valence-electron chi connectivity index (χ1n) is 5.29. The van der Waals surface area contributed by atoms with Crippen molar-refractivity contribution >= 4 is 16.5 Å². The SMILES string of the molecule is CCNc1nc2c(s1)C(C)(C)CC2C. The second kappa shape index (κ2) is 3.23. The summed E-state index contributed by atoms with van der Waals surface area (Å²) in [6.07, 6.45) is 1.24. The number of hydrogen-bond donors (Lipinski definition) is 1. The van der Waals surface area contributed by atoms with Gasteiger partial charge in [0, 0.05) is 22.8 Å². The number of nitrogens with one attached hydrogen (secondary N) is 1. The summed E-state index contributed by atoms with van der Waals surface area (Å²) in [4.78, 5) is 6.15. The minimum Gasteiger partial charge on any atom is -0.362 e. The summed E-state index contributed by atoms with van der Waals surface area (Å²) in [6, 6.07) is 0. The summed E-state index contributed by atoms with van der Waals surface area (Å²) in [5.41, 5.74) is 1.66. The fraction of sp³-hybridized carbons (Fsp3) is 0.727. The van der Waals surface area contributed by atoms with Crippen LogP contribution in [0.15, 0.2) is 0 Å². The first-order valence-corrected chi connectivity index (χ1v) is 6.11. The van der Waals surface area contributed by atoms with E-state index in [1.165, 1.54) is 17.0 Å². The molecule has 2 rings (SSSR count). The Labute approximate surface area is 89.8 Å². The van der Waals surface area contributed by atoms with Gasteiger partial charge in [-0.15, -0.1) is 11.3 Å². The largest absolute Gasteiger partial charge is 0.362 e. The summed E-state index contributed by atoms with van der Waals surface area (Å²) >= 11 is 1.84. The average Bonchev–Trinajstić information content (AvgIpc) is 2.55. The van der Waals surface area contributed by atoms with E-state index in [2.05, 4.69) is 38.0 Å². The van der Waals surface area contributed by atoms with Crippen molar-refractivity contribution in [2.24, 2.45) is 0 Å². The van der Waals surface area contributed by atoms with E-state index in [0.29, 0.717) is 11.3 Å². The molecule has 1 aliphatic rings. The molecule has 14 heavy (non-hydrogen) atoms. The fourth-order valence-electron chi connectivity index (χ4n) is 2.33. The predicted octanol–water partition coefficient (Wildman–Crippen LogP) is 3.36. The minimum atomic E-state index is 0.333. The molecule has 1 unspecified atom stereocenters. The van der Waals surface area contributed by atoms with E-state index in [9.17, 15) is 0 Å². The molecule has 0 amide bonds. The Bertz CT molecular complexity index is 341. The molecule has 0 fully saturated rings. The molecular weight excluding hydrogens is 192 g/mol. The van der Waals surface area contributed by atoms with E-state index >= 15 is 0 Å². The monoisotopic (exact) mass is 210 g/mol. The van der Waals surface area contributed by atoms with E-state index in [0.717, 1.165) is 11.7 Å². The maximum Gasteiger partial charge on any atom is 0.183 e. The van der Waals surface area contributed by atoms with Crippen molar-refractivity contribution in [3.05, 3.63) is 10.6 Å². The lowest BCUT2D eigenvalue weighted by molar-refractivity contribution is 0.493. The van der Waals surface area contributed by atoms with Gasteiger partial charge in [-0.05, 0) is 13.3 Å². The van der Waals surface area contributed by atoms with Crippen molar-refractivity contribution in [3.8, 4) is 0 Å². The van der Waals surface area contributed by atoms with Gasteiger partial charge in [-0.3, -0.25) is 0 Å². The van der Waals surface area contributed by atoms with Crippen LogP contribution >= 0.6 is 11.3 Å². The van der Waals surface area contributed by atoms with Crippen LogP contribution in [-0.2, 0) is 5.41 Å². The lowest BCUT2D eigenvalue weighted by Gasteiger charge is -2.16. The van der Waals surface area contributed by atoms with Crippen LogP contribution in [0.1, 0.15) is 50.6 Å². The molecule has 0 aromatic carbocycles. The van der Waals surface area contributed by atoms with E-state index in [1.54, 1.807) is 0 Å². The van der Waals surface area contributed by atoms with Gasteiger partial charge in [0.1, 0.15) is 0 Å². The maximum atomic E-state index is 4.66. The summed E-state index contributed by atoms with van der Waals surface area (Å²) in [7, 11) is 0. The molecule has 1 aromatic rings. The Morgan fingerprint density at radius 1 is 1.57 bits per heavy atom. The van der Waals surface area contributed by atoms with E-state index < -0.39 is 0 Å². The third kappa shape index (κ3) is 1.44. The highest BCUT2D eigenvalue weighted by molar-refractivity contribution is 7.15. The first kappa shape index (κ1) is 9.97. The number of fused-ring (bicyclic) bond motifs is 1. The zero-order valence-electron chi connectivity index (χ0n) is 9.35. The molecule has 3 heteroatoms. The molecule has 0 saturated heterocycles. The van der Waals surface area contributed by atoms with Crippen molar-refractivity contribution < 1.29 is 0 Å². The number of aromatic nitrogens is 1. The van der Waals surface area contributed by atoms with Gasteiger partial charge in [0.25, 0.3) is 0 Å². The maximum absolute atomic E-state index is 4.66. The Morgan fingerprint density at radius 3 is 2.86 bits per heavy atom. The highest BCUT2D eigenvalue weighted by Gasteiger charge is 2.38. The predicted molar refractivity (Wildman–Crippen MR) is 62.3 cm³/mol. The zero-order valence-corrected chi connectivity index (χ0v) is 10.2. The fourth-order valence-corrected chi connectivity index (χ4v) is 3.60. The molecule has 0 aliphatic heterocycles. The van der Waals surface area contributed by atoms with Gasteiger partial charge in [0.15, 0.2) is 5.13 Å². The first-order chi connectivity index (χ1) is 6.54. The standard InChI is InChI=1S/C11H18N2S/c1-5-12-10-13-8-7(2)6-11(3,4)9(8)14-10/h7H,5-6H2,1-4H3,(H,12,13). The second-order valence-corrected chi connectivity index (χ2v) is 5.75. The van der Waals surface area contributed by atoms with Crippen molar-refractivity contribution in [3.63, 3.8) is 0 Å². The van der Waals surface area contributed by atoms with Crippen LogP contribution in [0.3, 0.4) is 0 Å². The van der Waals surface area contributed by atoms with Gasteiger partial charge in [0.05, 0.1) is 5.69 Å². The third-order valence-corrected chi connectivity index (χ3v) is 4.27. The van der Waals surface area contributed by atoms with Gasteiger partial charge < -0.3 is 5.32 Å². The molecule has 0 spiro atoms. The van der Waals surface area contributed by atoms with Crippen LogP contribution in [0.25, 0.3) is 0 Å². The Kier molecular flexibility index (Phi) is 2.30. The highest BCUT2D eigenvalue weighted by atomic mass is 32.1. The van der Waals surface area contributed by atoms with E-state index in [-0.39, 0.29) is 0 Å². The number of hydrogen-bond acceptors (Lipinski definition) is 3. The minimum absolute atomic E-state index is 0.333. The molecule has 1 aromatic heterocycles. The van der Waals surface area contributed by atoms with Crippen molar-refractivity contribution in [1.29, 1.82) is 0 Å². The van der Waals surface area contributed by atoms with Crippen molar-refractivity contribution in [2.45, 2.75) is 45.4 Å². The smallest absolute Gasteiger partial charge is 0.183 e. The van der Waals surface area contributed by atoms with Crippen LogP contribution in [0.5, 0.6) is 0 Å². The highest BCUT2D eigenvalue weighted by Crippen LogP contribution is 2.48. The molecule has 1 N–H and O–H groups in total. The van der Waals surface area contributed by atoms with Gasteiger partial charge in [-0.2, -0.15) is 0 Å². The van der Waals surface area contributed by atoms with Gasteiger partial charge in [0.2, 0.25) is 0 Å². The van der Waals surface area contributed by atoms with Gasteiger partial charge >= 0.3 is 0 Å². The topological polar surface area (TPSA) is 24.9 Å². The number of nitrogens with zero attached hydrogens (tertiary/aromatic N) is 1. The van der Waals surface area contributed by atoms with Crippen molar-refractivity contribution in [2.75, 3.05) is 11.9 Å². The van der Waals surface area contributed by atoms with Crippen LogP contribution in [0.2, 0.25) is 0 Å². The third-order valence-electron chi connectivity index (χ3n) is 2.88. The second-order valence-electron chi connectivity index (χ2n) is 4.75. The molecule has 2 nitrogen and oxygen atoms in total. The molecule has 1 atom stereocenters. The van der Waals surface area contributed by atoms with E-state index in [4.69, 9.17) is 0 Å². The normalized spacial score (nSPS) is 23.6. The van der Waals surface area contributed by atoms with Crippen LogP contribution in [-0.4, -0.2) is 11.5 Å². The Balaban J connectivity index is 2.37. The van der Waals surface area contributed by atoms with Crippen LogP contribution in [0.4, 0.5) is 5.13 Å². The summed E-state index contributed by atoms with van der Waals surface area (Å²) in [5, 5.41) is 4.40. The molecule has 0 radical (unpaired) electrons. The average molecular weight is 210 g/mol. The Hall–Kier alpha value is -0.570. The van der Waals surface area contributed by atoms with Gasteiger partial charge in [-0.25, -0.2) is 4.98 Å². The molecule has 0 saturated carbocycles. The summed E-state index contributed by atoms with van der Waals surface area (Å²) < 4.78 is 0. The lowest BCUT2D eigenvalue weighted by Crippen LogP contribution is -2.10. The van der Waals surface area contributed by atoms with Crippen molar-refractivity contribution in [1.82, 2.24) is 4.98 Å². The number of thiazole rings is 1. The molecule has 0 bridgehead atoms. The summed E-state index contributed by atoms with van der Waals surface area (Å²) in [6.45, 7) is 10.00. The zero-order chi connectivity index (χ0) is 10.3.